The summed E-state index contributed by atoms with van der Waals surface area (Å²) in [7, 11) is 0. The molecular weight excluding hydrogens is 148 g/mol. The molecular formula is C7H11O4. The van der Waals surface area contributed by atoms with Crippen LogP contribution in [0.5, 0.6) is 0 Å². The first-order valence-corrected chi connectivity index (χ1v) is 3.45. The van der Waals surface area contributed by atoms with E-state index in [-0.39, 0.29) is 19.0 Å². The van der Waals surface area contributed by atoms with E-state index in [4.69, 9.17) is 0 Å². The van der Waals surface area contributed by atoms with E-state index in [2.05, 4.69) is 9.47 Å². The zero-order valence-corrected chi connectivity index (χ0v) is 6.46. The summed E-state index contributed by atoms with van der Waals surface area (Å²) in [6.45, 7) is 3.63. The molecule has 0 aliphatic carbocycles. The molecule has 0 spiro atoms. The van der Waals surface area contributed by atoms with E-state index in [1.165, 1.54) is 6.47 Å². The molecule has 0 N–H and O–H groups in total. The van der Waals surface area contributed by atoms with Crippen molar-refractivity contribution in [3.63, 3.8) is 0 Å². The van der Waals surface area contributed by atoms with Crippen LogP contribution in [0.3, 0.4) is 0 Å². The molecule has 0 bridgehead atoms. The first kappa shape index (κ1) is 9.94. The molecule has 0 heterocycles. The van der Waals surface area contributed by atoms with Gasteiger partial charge in [0.1, 0.15) is 0 Å². The first-order chi connectivity index (χ1) is 5.31. The van der Waals surface area contributed by atoms with E-state index in [0.29, 0.717) is 13.0 Å². The van der Waals surface area contributed by atoms with Crippen molar-refractivity contribution < 1.29 is 19.1 Å². The highest BCUT2D eigenvalue weighted by atomic mass is 16.5. The average Bonchev–Trinajstić information content (AvgIpc) is 1.99. The second-order valence-corrected chi connectivity index (χ2v) is 1.84. The van der Waals surface area contributed by atoms with Crippen molar-refractivity contribution in [2.45, 2.75) is 19.8 Å². The molecule has 63 valence electrons. The van der Waals surface area contributed by atoms with Gasteiger partial charge in [-0.3, -0.25) is 4.79 Å². The van der Waals surface area contributed by atoms with Crippen LogP contribution >= 0.6 is 0 Å². The summed E-state index contributed by atoms with van der Waals surface area (Å²) >= 11 is 0. The molecule has 0 fully saturated rings. The number of esters is 1. The van der Waals surface area contributed by atoms with Crippen molar-refractivity contribution >= 4 is 12.4 Å². The van der Waals surface area contributed by atoms with Gasteiger partial charge in [0.05, 0.1) is 13.2 Å². The van der Waals surface area contributed by atoms with Crippen molar-refractivity contribution in [2.75, 3.05) is 13.2 Å². The molecule has 1 radical (unpaired) electrons. The Kier molecular flexibility index (Phi) is 6.37. The van der Waals surface area contributed by atoms with Gasteiger partial charge in [-0.25, -0.2) is 4.79 Å². The molecule has 0 aromatic carbocycles. The van der Waals surface area contributed by atoms with E-state index in [1.54, 1.807) is 6.92 Å². The molecule has 11 heavy (non-hydrogen) atoms. The molecule has 0 saturated carbocycles. The molecule has 0 aliphatic heterocycles. The van der Waals surface area contributed by atoms with Gasteiger partial charge in [0.25, 0.3) is 0 Å². The summed E-state index contributed by atoms with van der Waals surface area (Å²) in [4.78, 5) is 20.1. The predicted octanol–water partition coefficient (Wildman–Crippen LogP) is 0.413. The van der Waals surface area contributed by atoms with Gasteiger partial charge in [0.2, 0.25) is 0 Å². The minimum absolute atomic E-state index is 0.225. The quantitative estimate of drug-likeness (QED) is 0.416. The Morgan fingerprint density at radius 3 is 2.82 bits per heavy atom. The second-order valence-electron chi connectivity index (χ2n) is 1.84. The Balaban J connectivity index is 3.10. The van der Waals surface area contributed by atoms with Gasteiger partial charge >= 0.3 is 12.4 Å². The van der Waals surface area contributed by atoms with E-state index >= 15 is 0 Å². The lowest BCUT2D eigenvalue weighted by Crippen LogP contribution is -2.05. The zero-order valence-electron chi connectivity index (χ0n) is 6.46. The summed E-state index contributed by atoms with van der Waals surface area (Å²) in [6.07, 6.45) is 0.781. The summed E-state index contributed by atoms with van der Waals surface area (Å²) in [5.74, 6) is -0.262. The minimum Gasteiger partial charge on any atom is -0.466 e. The molecule has 0 unspecified atom stereocenters. The third-order valence-corrected chi connectivity index (χ3v) is 0.992. The maximum atomic E-state index is 10.6. The van der Waals surface area contributed by atoms with Crippen molar-refractivity contribution in [1.82, 2.24) is 0 Å². The molecule has 0 aromatic heterocycles. The Morgan fingerprint density at radius 2 is 2.27 bits per heavy atom. The van der Waals surface area contributed by atoms with Crippen LogP contribution in [0.4, 0.5) is 0 Å². The van der Waals surface area contributed by atoms with Crippen LogP contribution < -0.4 is 0 Å². The highest BCUT2D eigenvalue weighted by Crippen LogP contribution is 1.92. The molecule has 0 rings (SSSR count). The summed E-state index contributed by atoms with van der Waals surface area (Å²) in [5, 5.41) is 0. The van der Waals surface area contributed by atoms with Gasteiger partial charge < -0.3 is 9.47 Å². The Morgan fingerprint density at radius 1 is 1.55 bits per heavy atom. The fourth-order valence-corrected chi connectivity index (χ4v) is 0.563. The van der Waals surface area contributed by atoms with Gasteiger partial charge in [-0.15, -0.1) is 0 Å². The van der Waals surface area contributed by atoms with Crippen molar-refractivity contribution in [1.29, 1.82) is 0 Å². The Hall–Kier alpha value is -1.06. The zero-order chi connectivity index (χ0) is 8.53. The lowest BCUT2D eigenvalue weighted by molar-refractivity contribution is -0.143. The van der Waals surface area contributed by atoms with Crippen LogP contribution in [0, 0.1) is 0 Å². The number of carbonyl (C=O) groups excluding carboxylic acids is 2. The van der Waals surface area contributed by atoms with Crippen LogP contribution in [0.25, 0.3) is 0 Å². The molecule has 4 heteroatoms. The second kappa shape index (κ2) is 7.05. The molecule has 0 saturated heterocycles. The predicted molar refractivity (Wildman–Crippen MR) is 37.5 cm³/mol. The van der Waals surface area contributed by atoms with E-state index < -0.39 is 0 Å². The molecule has 0 aliphatic rings. The van der Waals surface area contributed by atoms with Crippen LogP contribution in [-0.4, -0.2) is 25.7 Å². The highest BCUT2D eigenvalue weighted by molar-refractivity contribution is 5.69. The lowest BCUT2D eigenvalue weighted by atomic mass is 10.3. The van der Waals surface area contributed by atoms with Crippen LogP contribution in [0.2, 0.25) is 0 Å². The standard InChI is InChI=1S/C7H11O4/c1-2-11-7(9)4-3-5-10-6-8/h2-5H2,1H3. The fraction of sp³-hybridized carbons (Fsp3) is 0.714. The largest absolute Gasteiger partial charge is 0.466 e. The molecule has 4 nitrogen and oxygen atoms in total. The topological polar surface area (TPSA) is 52.6 Å². The number of carbonyl (C=O) groups is 1. The van der Waals surface area contributed by atoms with E-state index in [1.807, 2.05) is 0 Å². The van der Waals surface area contributed by atoms with Gasteiger partial charge in [0.15, 0.2) is 0 Å². The van der Waals surface area contributed by atoms with Gasteiger partial charge in [-0.1, -0.05) is 0 Å². The molecule has 0 atom stereocenters. The normalized spacial score (nSPS) is 8.82. The number of hydrogen-bond acceptors (Lipinski definition) is 4. The monoisotopic (exact) mass is 159 g/mol. The van der Waals surface area contributed by atoms with Gasteiger partial charge in [-0.05, 0) is 13.3 Å². The van der Waals surface area contributed by atoms with Crippen LogP contribution in [-0.2, 0) is 19.1 Å². The number of ether oxygens (including phenoxy) is 2. The van der Waals surface area contributed by atoms with E-state index in [9.17, 15) is 9.59 Å². The lowest BCUT2D eigenvalue weighted by Gasteiger charge is -1.99. The fourth-order valence-electron chi connectivity index (χ4n) is 0.563. The highest BCUT2D eigenvalue weighted by Gasteiger charge is 1.99. The SMILES string of the molecule is CCOC(=O)CCCO[C]=O. The van der Waals surface area contributed by atoms with Crippen molar-refractivity contribution in [3.8, 4) is 0 Å². The van der Waals surface area contributed by atoms with Gasteiger partial charge in [-0.2, -0.15) is 0 Å². The van der Waals surface area contributed by atoms with E-state index in [0.717, 1.165) is 0 Å². The Labute approximate surface area is 65.5 Å². The van der Waals surface area contributed by atoms with Crippen molar-refractivity contribution in [3.05, 3.63) is 0 Å². The van der Waals surface area contributed by atoms with Gasteiger partial charge in [0, 0.05) is 6.42 Å². The maximum absolute atomic E-state index is 10.6. The smallest absolute Gasteiger partial charge is 0.417 e. The Bertz CT molecular complexity index is 122. The number of hydrogen-bond donors (Lipinski definition) is 0. The first-order valence-electron chi connectivity index (χ1n) is 3.45. The minimum atomic E-state index is -0.262. The molecule has 0 amide bonds. The summed E-state index contributed by atoms with van der Waals surface area (Å²) in [5.41, 5.74) is 0. The van der Waals surface area contributed by atoms with Crippen molar-refractivity contribution in [2.24, 2.45) is 0 Å². The maximum Gasteiger partial charge on any atom is 0.417 e. The van der Waals surface area contributed by atoms with Crippen LogP contribution in [0.1, 0.15) is 19.8 Å². The third-order valence-electron chi connectivity index (χ3n) is 0.992. The molecule has 0 aromatic rings. The number of rotatable bonds is 6. The summed E-state index contributed by atoms with van der Waals surface area (Å²) in [6, 6.07) is 0. The third kappa shape index (κ3) is 6.83. The summed E-state index contributed by atoms with van der Waals surface area (Å²) < 4.78 is 8.88. The average molecular weight is 159 g/mol. The van der Waals surface area contributed by atoms with Crippen LogP contribution in [0.15, 0.2) is 0 Å².